The molecule has 104 valence electrons. The van der Waals surface area contributed by atoms with E-state index in [1.807, 2.05) is 6.07 Å². The van der Waals surface area contributed by atoms with E-state index in [9.17, 15) is 0 Å². The van der Waals surface area contributed by atoms with E-state index in [1.54, 1.807) is 0 Å². The first-order chi connectivity index (χ1) is 8.89. The molecule has 2 N–H and O–H groups in total. The van der Waals surface area contributed by atoms with Crippen LogP contribution < -0.4 is 5.73 Å². The van der Waals surface area contributed by atoms with Gasteiger partial charge in [0.05, 0.1) is 11.0 Å². The molecule has 3 nitrogen and oxygen atoms in total. The predicted octanol–water partition coefficient (Wildman–Crippen LogP) is 3.46. The molecule has 0 saturated heterocycles. The summed E-state index contributed by atoms with van der Waals surface area (Å²) in [5.74, 6) is 1.18. The van der Waals surface area contributed by atoms with Gasteiger partial charge in [-0.1, -0.05) is 12.1 Å². The first-order valence-corrected chi connectivity index (χ1v) is 7.12. The minimum Gasteiger partial charge on any atom is -0.328 e. The molecule has 1 aromatic heterocycles. The highest BCUT2D eigenvalue weighted by Gasteiger charge is 2.20. The summed E-state index contributed by atoms with van der Waals surface area (Å²) < 4.78 is 2.36. The molecule has 0 aliphatic carbocycles. The molecule has 1 heterocycles. The largest absolute Gasteiger partial charge is 0.328 e. The van der Waals surface area contributed by atoms with Gasteiger partial charge in [0.25, 0.3) is 0 Å². The van der Waals surface area contributed by atoms with E-state index in [0.717, 1.165) is 24.8 Å². The predicted molar refractivity (Wildman–Crippen MR) is 81.3 cm³/mol. The van der Waals surface area contributed by atoms with Gasteiger partial charge in [-0.05, 0) is 52.7 Å². The highest BCUT2D eigenvalue weighted by molar-refractivity contribution is 5.76. The van der Waals surface area contributed by atoms with Crippen LogP contribution in [0, 0.1) is 0 Å². The smallest absolute Gasteiger partial charge is 0.110 e. The van der Waals surface area contributed by atoms with Crippen LogP contribution in [-0.4, -0.2) is 15.6 Å². The Morgan fingerprint density at radius 3 is 2.58 bits per heavy atom. The Morgan fingerprint density at radius 1 is 1.26 bits per heavy atom. The lowest BCUT2D eigenvalue weighted by Gasteiger charge is -2.24. The number of nitrogens with zero attached hydrogens (tertiary/aromatic N) is 2. The molecule has 2 aromatic rings. The lowest BCUT2D eigenvalue weighted by molar-refractivity contribution is 0.391. The molecule has 1 atom stereocenters. The minimum absolute atomic E-state index is 0.0553. The van der Waals surface area contributed by atoms with Crippen LogP contribution in [-0.2, 0) is 12.0 Å². The topological polar surface area (TPSA) is 43.8 Å². The molecule has 0 aliphatic heterocycles. The van der Waals surface area contributed by atoms with E-state index in [0.29, 0.717) is 0 Å². The van der Waals surface area contributed by atoms with Crippen molar-refractivity contribution < 1.29 is 0 Å². The summed E-state index contributed by atoms with van der Waals surface area (Å²) in [6.45, 7) is 8.76. The zero-order valence-corrected chi connectivity index (χ0v) is 12.5. The number of hydrogen-bond donors (Lipinski definition) is 1. The van der Waals surface area contributed by atoms with Gasteiger partial charge in [0.15, 0.2) is 0 Å². The first kappa shape index (κ1) is 14.1. The molecule has 0 aliphatic rings. The van der Waals surface area contributed by atoms with Gasteiger partial charge < -0.3 is 10.3 Å². The normalized spacial score (nSPS) is 13.9. The average molecular weight is 259 g/mol. The van der Waals surface area contributed by atoms with Crippen LogP contribution in [0.1, 0.15) is 46.4 Å². The Labute approximate surface area is 115 Å². The molecule has 0 amide bonds. The monoisotopic (exact) mass is 259 g/mol. The number of aromatic nitrogens is 2. The Kier molecular flexibility index (Phi) is 3.95. The number of imidazole rings is 1. The van der Waals surface area contributed by atoms with Crippen LogP contribution in [0.15, 0.2) is 24.3 Å². The minimum atomic E-state index is 0.0553. The first-order valence-electron chi connectivity index (χ1n) is 7.12. The molecular weight excluding hydrogens is 234 g/mol. The van der Waals surface area contributed by atoms with Crippen molar-refractivity contribution in [1.82, 2.24) is 9.55 Å². The van der Waals surface area contributed by atoms with Crippen molar-refractivity contribution in [2.75, 3.05) is 0 Å². The fourth-order valence-electron chi connectivity index (χ4n) is 2.57. The van der Waals surface area contributed by atoms with Crippen LogP contribution in [0.2, 0.25) is 0 Å². The van der Waals surface area contributed by atoms with Gasteiger partial charge in [-0.15, -0.1) is 0 Å². The van der Waals surface area contributed by atoms with Gasteiger partial charge in [-0.2, -0.15) is 0 Å². The standard InChI is InChI=1S/C16H25N3/c1-12(17)8-7-11-15-18-13-9-5-6-10-14(13)19(15)16(2,3)4/h5-6,9-10,12H,7-8,11,17H2,1-4H3. The van der Waals surface area contributed by atoms with Gasteiger partial charge in [0.2, 0.25) is 0 Å². The molecule has 0 bridgehead atoms. The summed E-state index contributed by atoms with van der Waals surface area (Å²) in [4.78, 5) is 4.80. The summed E-state index contributed by atoms with van der Waals surface area (Å²) in [7, 11) is 0. The van der Waals surface area contributed by atoms with Crippen LogP contribution in [0.4, 0.5) is 0 Å². The van der Waals surface area contributed by atoms with Crippen LogP contribution >= 0.6 is 0 Å². The summed E-state index contributed by atoms with van der Waals surface area (Å²) in [5.41, 5.74) is 8.20. The van der Waals surface area contributed by atoms with Gasteiger partial charge in [-0.25, -0.2) is 4.98 Å². The Hall–Kier alpha value is -1.35. The van der Waals surface area contributed by atoms with Gasteiger partial charge in [-0.3, -0.25) is 0 Å². The van der Waals surface area contributed by atoms with E-state index >= 15 is 0 Å². The molecule has 1 unspecified atom stereocenters. The van der Waals surface area contributed by atoms with Crippen molar-refractivity contribution in [3.05, 3.63) is 30.1 Å². The van der Waals surface area contributed by atoms with Gasteiger partial charge >= 0.3 is 0 Å². The van der Waals surface area contributed by atoms with E-state index < -0.39 is 0 Å². The zero-order valence-electron chi connectivity index (χ0n) is 12.5. The lowest BCUT2D eigenvalue weighted by atomic mass is 10.1. The third-order valence-corrected chi connectivity index (χ3v) is 3.36. The van der Waals surface area contributed by atoms with E-state index in [2.05, 4.69) is 50.5 Å². The Balaban J connectivity index is 2.36. The molecule has 2 rings (SSSR count). The molecule has 0 radical (unpaired) electrons. The van der Waals surface area contributed by atoms with Crippen molar-refractivity contribution in [3.8, 4) is 0 Å². The van der Waals surface area contributed by atoms with Gasteiger partial charge in [0.1, 0.15) is 5.82 Å². The second-order valence-corrected chi connectivity index (χ2v) is 6.39. The van der Waals surface area contributed by atoms with E-state index in [1.165, 1.54) is 11.3 Å². The van der Waals surface area contributed by atoms with Crippen LogP contribution in [0.25, 0.3) is 11.0 Å². The zero-order chi connectivity index (χ0) is 14.0. The average Bonchev–Trinajstić information content (AvgIpc) is 2.66. The number of nitrogens with two attached hydrogens (primary N) is 1. The quantitative estimate of drug-likeness (QED) is 0.913. The molecule has 0 spiro atoms. The van der Waals surface area contributed by atoms with Crippen molar-refractivity contribution >= 4 is 11.0 Å². The molecule has 0 saturated carbocycles. The molecule has 0 fully saturated rings. The van der Waals surface area contributed by atoms with Crippen LogP contribution in [0.5, 0.6) is 0 Å². The number of aryl methyl sites for hydroxylation is 1. The summed E-state index contributed by atoms with van der Waals surface area (Å²) >= 11 is 0. The third kappa shape index (κ3) is 3.16. The Morgan fingerprint density at radius 2 is 1.95 bits per heavy atom. The molecule has 3 heteroatoms. The van der Waals surface area contributed by atoms with Crippen LogP contribution in [0.3, 0.4) is 0 Å². The summed E-state index contributed by atoms with van der Waals surface area (Å²) in [6.07, 6.45) is 3.14. The highest BCUT2D eigenvalue weighted by Crippen LogP contribution is 2.25. The number of hydrogen-bond acceptors (Lipinski definition) is 2. The number of fused-ring (bicyclic) bond motifs is 1. The molecular formula is C16H25N3. The van der Waals surface area contributed by atoms with Crippen molar-refractivity contribution in [2.24, 2.45) is 5.73 Å². The van der Waals surface area contributed by atoms with Crippen molar-refractivity contribution in [1.29, 1.82) is 0 Å². The van der Waals surface area contributed by atoms with E-state index in [4.69, 9.17) is 10.7 Å². The summed E-state index contributed by atoms with van der Waals surface area (Å²) in [6, 6.07) is 8.65. The van der Waals surface area contributed by atoms with Gasteiger partial charge in [0, 0.05) is 18.0 Å². The fourth-order valence-corrected chi connectivity index (χ4v) is 2.57. The maximum Gasteiger partial charge on any atom is 0.110 e. The SMILES string of the molecule is CC(N)CCCc1nc2ccccc2n1C(C)(C)C. The second kappa shape index (κ2) is 5.33. The maximum atomic E-state index is 5.83. The number of benzene rings is 1. The van der Waals surface area contributed by atoms with Crippen molar-refractivity contribution in [3.63, 3.8) is 0 Å². The Bertz CT molecular complexity index is 547. The highest BCUT2D eigenvalue weighted by atomic mass is 15.1. The van der Waals surface area contributed by atoms with Crippen molar-refractivity contribution in [2.45, 2.75) is 58.5 Å². The molecule has 19 heavy (non-hydrogen) atoms. The number of rotatable bonds is 4. The fraction of sp³-hybridized carbons (Fsp3) is 0.562. The molecule has 1 aromatic carbocycles. The summed E-state index contributed by atoms with van der Waals surface area (Å²) in [5, 5.41) is 0. The third-order valence-electron chi connectivity index (χ3n) is 3.36. The number of para-hydroxylation sites is 2. The maximum absolute atomic E-state index is 5.83. The second-order valence-electron chi connectivity index (χ2n) is 6.39. The lowest BCUT2D eigenvalue weighted by Crippen LogP contribution is -2.24. The van der Waals surface area contributed by atoms with E-state index in [-0.39, 0.29) is 11.6 Å².